The highest BCUT2D eigenvalue weighted by molar-refractivity contribution is 5.32. The summed E-state index contributed by atoms with van der Waals surface area (Å²) in [6.45, 7) is 0.441. The van der Waals surface area contributed by atoms with Gasteiger partial charge in [0.1, 0.15) is 18.1 Å². The van der Waals surface area contributed by atoms with Crippen LogP contribution in [-0.2, 0) is 6.61 Å². The van der Waals surface area contributed by atoms with Gasteiger partial charge in [-0.25, -0.2) is 0 Å². The van der Waals surface area contributed by atoms with E-state index in [1.807, 2.05) is 12.1 Å². The van der Waals surface area contributed by atoms with Crippen molar-refractivity contribution in [1.29, 1.82) is 5.26 Å². The van der Waals surface area contributed by atoms with Crippen molar-refractivity contribution in [2.45, 2.75) is 6.61 Å². The second-order valence-electron chi connectivity index (χ2n) is 3.59. The van der Waals surface area contributed by atoms with Gasteiger partial charge in [0, 0.05) is 0 Å². The molecular weight excluding hydrogens is 214 g/mol. The van der Waals surface area contributed by atoms with Gasteiger partial charge in [-0.15, -0.1) is 0 Å². The number of hydrogen-bond donors (Lipinski definition) is 1. The topological polar surface area (TPSA) is 53.2 Å². The SMILES string of the molecule is N#Cc1ccc(COc2ccc(O)cc2)cc1. The number of phenols is 1. The molecule has 0 aliphatic heterocycles. The monoisotopic (exact) mass is 225 g/mol. The fraction of sp³-hybridized carbons (Fsp3) is 0.0714. The highest BCUT2D eigenvalue weighted by Gasteiger charge is 1.97. The van der Waals surface area contributed by atoms with Gasteiger partial charge in [0.25, 0.3) is 0 Å². The van der Waals surface area contributed by atoms with Crippen LogP contribution in [0, 0.1) is 11.3 Å². The van der Waals surface area contributed by atoms with Gasteiger partial charge in [0.05, 0.1) is 11.6 Å². The van der Waals surface area contributed by atoms with Crippen molar-refractivity contribution in [3.63, 3.8) is 0 Å². The summed E-state index contributed by atoms with van der Waals surface area (Å²) in [5.41, 5.74) is 1.63. The maximum atomic E-state index is 9.11. The summed E-state index contributed by atoms with van der Waals surface area (Å²) in [5, 5.41) is 17.8. The molecule has 3 nitrogen and oxygen atoms in total. The number of ether oxygens (including phenoxy) is 1. The normalized spacial score (nSPS) is 9.59. The van der Waals surface area contributed by atoms with Gasteiger partial charge in [-0.2, -0.15) is 5.26 Å². The van der Waals surface area contributed by atoms with Crippen LogP contribution in [0.2, 0.25) is 0 Å². The third-order valence-corrected chi connectivity index (χ3v) is 2.33. The minimum atomic E-state index is 0.218. The van der Waals surface area contributed by atoms with Crippen LogP contribution in [0.4, 0.5) is 0 Å². The zero-order chi connectivity index (χ0) is 12.1. The summed E-state index contributed by atoms with van der Waals surface area (Å²) in [4.78, 5) is 0. The summed E-state index contributed by atoms with van der Waals surface area (Å²) in [5.74, 6) is 0.919. The Morgan fingerprint density at radius 2 is 1.65 bits per heavy atom. The Morgan fingerprint density at radius 1 is 1.00 bits per heavy atom. The zero-order valence-electron chi connectivity index (χ0n) is 9.13. The fourth-order valence-electron chi connectivity index (χ4n) is 1.38. The third kappa shape index (κ3) is 2.99. The van der Waals surface area contributed by atoms with E-state index >= 15 is 0 Å². The highest BCUT2D eigenvalue weighted by atomic mass is 16.5. The first kappa shape index (κ1) is 11.0. The third-order valence-electron chi connectivity index (χ3n) is 2.33. The molecule has 0 radical (unpaired) electrons. The molecule has 0 bridgehead atoms. The van der Waals surface area contributed by atoms with Crippen LogP contribution in [0.5, 0.6) is 11.5 Å². The number of aromatic hydroxyl groups is 1. The lowest BCUT2D eigenvalue weighted by Gasteiger charge is -2.06. The zero-order valence-corrected chi connectivity index (χ0v) is 9.13. The second kappa shape index (κ2) is 5.04. The number of phenolic OH excluding ortho intramolecular Hbond substituents is 1. The number of hydrogen-bond acceptors (Lipinski definition) is 3. The molecule has 2 aromatic rings. The lowest BCUT2D eigenvalue weighted by molar-refractivity contribution is 0.305. The van der Waals surface area contributed by atoms with E-state index in [2.05, 4.69) is 6.07 Å². The van der Waals surface area contributed by atoms with Gasteiger partial charge in [0.15, 0.2) is 0 Å². The molecule has 0 heterocycles. The molecule has 0 fully saturated rings. The molecule has 2 rings (SSSR count). The van der Waals surface area contributed by atoms with Crippen LogP contribution in [0.1, 0.15) is 11.1 Å². The van der Waals surface area contributed by atoms with E-state index in [1.165, 1.54) is 0 Å². The van der Waals surface area contributed by atoms with Gasteiger partial charge in [-0.05, 0) is 42.0 Å². The number of nitriles is 1. The molecule has 0 aliphatic rings. The Morgan fingerprint density at radius 3 is 2.24 bits per heavy atom. The molecule has 0 aromatic heterocycles. The maximum absolute atomic E-state index is 9.11. The Hall–Kier alpha value is -2.47. The molecule has 0 amide bonds. The van der Waals surface area contributed by atoms with E-state index in [9.17, 15) is 0 Å². The van der Waals surface area contributed by atoms with Crippen LogP contribution < -0.4 is 4.74 Å². The van der Waals surface area contributed by atoms with Crippen molar-refractivity contribution in [3.05, 3.63) is 59.7 Å². The van der Waals surface area contributed by atoms with Crippen molar-refractivity contribution in [1.82, 2.24) is 0 Å². The molecule has 0 spiro atoms. The van der Waals surface area contributed by atoms with Crippen LogP contribution in [-0.4, -0.2) is 5.11 Å². The molecule has 0 unspecified atom stereocenters. The lowest BCUT2D eigenvalue weighted by Crippen LogP contribution is -1.94. The summed E-state index contributed by atoms with van der Waals surface area (Å²) < 4.78 is 5.53. The first-order valence-electron chi connectivity index (χ1n) is 5.19. The van der Waals surface area contributed by atoms with E-state index in [-0.39, 0.29) is 5.75 Å². The Labute approximate surface area is 99.5 Å². The maximum Gasteiger partial charge on any atom is 0.120 e. The second-order valence-corrected chi connectivity index (χ2v) is 3.59. The number of rotatable bonds is 3. The van der Waals surface area contributed by atoms with E-state index in [4.69, 9.17) is 15.1 Å². The molecule has 84 valence electrons. The molecule has 0 saturated carbocycles. The van der Waals surface area contributed by atoms with Gasteiger partial charge in [0.2, 0.25) is 0 Å². The molecule has 0 saturated heterocycles. The smallest absolute Gasteiger partial charge is 0.120 e. The summed E-state index contributed by atoms with van der Waals surface area (Å²) in [7, 11) is 0. The average molecular weight is 225 g/mol. The first-order valence-corrected chi connectivity index (χ1v) is 5.19. The van der Waals surface area contributed by atoms with Gasteiger partial charge in [-0.1, -0.05) is 12.1 Å². The van der Waals surface area contributed by atoms with E-state index in [0.717, 1.165) is 5.56 Å². The molecular formula is C14H11NO2. The van der Waals surface area contributed by atoms with Crippen molar-refractivity contribution in [2.24, 2.45) is 0 Å². The van der Waals surface area contributed by atoms with Gasteiger partial charge < -0.3 is 9.84 Å². The van der Waals surface area contributed by atoms with Crippen LogP contribution in [0.15, 0.2) is 48.5 Å². The van der Waals surface area contributed by atoms with E-state index in [1.54, 1.807) is 36.4 Å². The Kier molecular flexibility index (Phi) is 3.27. The van der Waals surface area contributed by atoms with Crippen LogP contribution in [0.3, 0.4) is 0 Å². The minimum absolute atomic E-state index is 0.218. The predicted octanol–water partition coefficient (Wildman–Crippen LogP) is 2.84. The molecule has 3 heteroatoms. The van der Waals surface area contributed by atoms with E-state index < -0.39 is 0 Å². The molecule has 0 atom stereocenters. The lowest BCUT2D eigenvalue weighted by atomic mass is 10.2. The Bertz CT molecular complexity index is 524. The van der Waals surface area contributed by atoms with E-state index in [0.29, 0.717) is 17.9 Å². The number of benzene rings is 2. The molecule has 1 N–H and O–H groups in total. The summed E-state index contributed by atoms with van der Waals surface area (Å²) in [6.07, 6.45) is 0. The number of nitrogens with zero attached hydrogens (tertiary/aromatic N) is 1. The van der Waals surface area contributed by atoms with Crippen molar-refractivity contribution in [3.8, 4) is 17.6 Å². The fourth-order valence-corrected chi connectivity index (χ4v) is 1.38. The largest absolute Gasteiger partial charge is 0.508 e. The van der Waals surface area contributed by atoms with Crippen molar-refractivity contribution < 1.29 is 9.84 Å². The van der Waals surface area contributed by atoms with Crippen molar-refractivity contribution in [2.75, 3.05) is 0 Å². The molecule has 0 aliphatic carbocycles. The standard InChI is InChI=1S/C14H11NO2/c15-9-11-1-3-12(4-2-11)10-17-14-7-5-13(16)6-8-14/h1-8,16H,10H2. The highest BCUT2D eigenvalue weighted by Crippen LogP contribution is 2.17. The van der Waals surface area contributed by atoms with Gasteiger partial charge >= 0.3 is 0 Å². The minimum Gasteiger partial charge on any atom is -0.508 e. The quantitative estimate of drug-likeness (QED) is 0.873. The summed E-state index contributed by atoms with van der Waals surface area (Å²) in [6, 6.07) is 15.9. The Balaban J connectivity index is 1.98. The molecule has 17 heavy (non-hydrogen) atoms. The van der Waals surface area contributed by atoms with Gasteiger partial charge in [-0.3, -0.25) is 0 Å². The van der Waals surface area contributed by atoms with Crippen LogP contribution in [0.25, 0.3) is 0 Å². The average Bonchev–Trinajstić information content (AvgIpc) is 2.39. The van der Waals surface area contributed by atoms with Crippen molar-refractivity contribution >= 4 is 0 Å². The van der Waals surface area contributed by atoms with Crippen LogP contribution >= 0.6 is 0 Å². The molecule has 2 aromatic carbocycles. The summed E-state index contributed by atoms with van der Waals surface area (Å²) >= 11 is 0. The predicted molar refractivity (Wildman–Crippen MR) is 63.6 cm³/mol. The first-order chi connectivity index (χ1) is 8.28.